The van der Waals surface area contributed by atoms with Gasteiger partial charge in [-0.1, -0.05) is 29.8 Å². The molecule has 2 nitrogen and oxygen atoms in total. The molecule has 1 N–H and O–H groups in total. The first-order valence-electron chi connectivity index (χ1n) is 6.32. The van der Waals surface area contributed by atoms with E-state index in [4.69, 9.17) is 4.74 Å². The molecule has 0 saturated heterocycles. The molecule has 0 radical (unpaired) electrons. The molecule has 1 fully saturated rings. The molecule has 0 spiro atoms. The van der Waals surface area contributed by atoms with E-state index in [2.05, 4.69) is 47.2 Å². The summed E-state index contributed by atoms with van der Waals surface area (Å²) in [7, 11) is 0. The monoisotopic (exact) mass is 297 g/mol. The Kier molecular flexibility index (Phi) is 4.46. The fourth-order valence-corrected chi connectivity index (χ4v) is 2.19. The highest BCUT2D eigenvalue weighted by Gasteiger charge is 2.19. The largest absolute Gasteiger partial charge is 0.492 e. The molecular weight excluding hydrogens is 278 g/mol. The van der Waals surface area contributed by atoms with Gasteiger partial charge in [0.25, 0.3) is 0 Å². The third kappa shape index (κ3) is 4.00. The molecule has 0 heterocycles. The molecule has 0 aliphatic heterocycles. The summed E-state index contributed by atoms with van der Waals surface area (Å²) in [5.41, 5.74) is 1.27. The van der Waals surface area contributed by atoms with Gasteiger partial charge in [-0.15, -0.1) is 0 Å². The lowest BCUT2D eigenvalue weighted by molar-refractivity contribution is 0.309. The second-order valence-electron chi connectivity index (χ2n) is 4.91. The van der Waals surface area contributed by atoms with Gasteiger partial charge in [0, 0.05) is 17.1 Å². The van der Waals surface area contributed by atoms with E-state index in [1.807, 2.05) is 6.07 Å². The van der Waals surface area contributed by atoms with Crippen molar-refractivity contribution in [3.63, 3.8) is 0 Å². The van der Waals surface area contributed by atoms with E-state index in [1.165, 1.54) is 18.4 Å². The SMILES string of the molecule is CC(C)c1cc(Br)ccc1OCCNC1CC1. The quantitative estimate of drug-likeness (QED) is 0.809. The molecule has 0 aromatic heterocycles. The molecule has 0 atom stereocenters. The number of ether oxygens (including phenoxy) is 1. The van der Waals surface area contributed by atoms with E-state index >= 15 is 0 Å². The van der Waals surface area contributed by atoms with Gasteiger partial charge in [-0.3, -0.25) is 0 Å². The van der Waals surface area contributed by atoms with Gasteiger partial charge in [0.05, 0.1) is 0 Å². The normalized spacial score (nSPS) is 15.3. The van der Waals surface area contributed by atoms with Crippen LogP contribution in [0.5, 0.6) is 5.75 Å². The summed E-state index contributed by atoms with van der Waals surface area (Å²) in [5.74, 6) is 1.50. The van der Waals surface area contributed by atoms with Gasteiger partial charge in [0.15, 0.2) is 0 Å². The fourth-order valence-electron chi connectivity index (χ4n) is 1.81. The van der Waals surface area contributed by atoms with Crippen molar-refractivity contribution in [2.45, 2.75) is 38.6 Å². The van der Waals surface area contributed by atoms with E-state index in [-0.39, 0.29) is 0 Å². The third-order valence-electron chi connectivity index (χ3n) is 2.96. The molecule has 17 heavy (non-hydrogen) atoms. The summed E-state index contributed by atoms with van der Waals surface area (Å²) in [6.07, 6.45) is 2.66. The van der Waals surface area contributed by atoms with Crippen LogP contribution in [0.15, 0.2) is 22.7 Å². The second-order valence-corrected chi connectivity index (χ2v) is 5.83. The van der Waals surface area contributed by atoms with Gasteiger partial charge in [-0.25, -0.2) is 0 Å². The highest BCUT2D eigenvalue weighted by Crippen LogP contribution is 2.29. The Morgan fingerprint density at radius 3 is 2.82 bits per heavy atom. The van der Waals surface area contributed by atoms with E-state index in [0.29, 0.717) is 5.92 Å². The van der Waals surface area contributed by atoms with Crippen molar-refractivity contribution in [2.75, 3.05) is 13.2 Å². The molecule has 1 aliphatic rings. The van der Waals surface area contributed by atoms with Crippen LogP contribution in [0.3, 0.4) is 0 Å². The van der Waals surface area contributed by atoms with Gasteiger partial charge in [-0.05, 0) is 42.5 Å². The Labute approximate surface area is 112 Å². The van der Waals surface area contributed by atoms with E-state index in [0.717, 1.165) is 29.4 Å². The topological polar surface area (TPSA) is 21.3 Å². The van der Waals surface area contributed by atoms with Crippen molar-refractivity contribution in [2.24, 2.45) is 0 Å². The second kappa shape index (κ2) is 5.87. The van der Waals surface area contributed by atoms with Crippen molar-refractivity contribution < 1.29 is 4.74 Å². The van der Waals surface area contributed by atoms with Crippen LogP contribution >= 0.6 is 15.9 Å². The Morgan fingerprint density at radius 1 is 1.41 bits per heavy atom. The van der Waals surface area contributed by atoms with Crippen LogP contribution < -0.4 is 10.1 Å². The van der Waals surface area contributed by atoms with Crippen molar-refractivity contribution in [3.8, 4) is 5.75 Å². The van der Waals surface area contributed by atoms with Crippen molar-refractivity contribution in [1.29, 1.82) is 0 Å². The summed E-state index contributed by atoms with van der Waals surface area (Å²) in [6.45, 7) is 6.07. The molecular formula is C14H20BrNO. The van der Waals surface area contributed by atoms with E-state index in [1.54, 1.807) is 0 Å². The average molecular weight is 298 g/mol. The molecule has 1 saturated carbocycles. The van der Waals surface area contributed by atoms with Crippen LogP contribution in [0.4, 0.5) is 0 Å². The van der Waals surface area contributed by atoms with Crippen LogP contribution in [0.2, 0.25) is 0 Å². The molecule has 0 bridgehead atoms. The third-order valence-corrected chi connectivity index (χ3v) is 3.46. The number of rotatable bonds is 6. The predicted octanol–water partition coefficient (Wildman–Crippen LogP) is 3.70. The molecule has 1 aromatic carbocycles. The van der Waals surface area contributed by atoms with Gasteiger partial charge in [0.2, 0.25) is 0 Å². The molecule has 0 unspecified atom stereocenters. The highest BCUT2D eigenvalue weighted by molar-refractivity contribution is 9.10. The van der Waals surface area contributed by atoms with Gasteiger partial charge in [0.1, 0.15) is 12.4 Å². The molecule has 2 rings (SSSR count). The Balaban J connectivity index is 1.89. The maximum Gasteiger partial charge on any atom is 0.122 e. The lowest BCUT2D eigenvalue weighted by Gasteiger charge is -2.14. The smallest absolute Gasteiger partial charge is 0.122 e. The zero-order valence-corrected chi connectivity index (χ0v) is 12.1. The number of nitrogens with one attached hydrogen (secondary N) is 1. The number of hydrogen-bond donors (Lipinski definition) is 1. The molecule has 3 heteroatoms. The van der Waals surface area contributed by atoms with Crippen LogP contribution in [0, 0.1) is 0 Å². The first kappa shape index (κ1) is 12.9. The van der Waals surface area contributed by atoms with Crippen molar-refractivity contribution in [3.05, 3.63) is 28.2 Å². The zero-order valence-electron chi connectivity index (χ0n) is 10.5. The Bertz CT molecular complexity index is 374. The summed E-state index contributed by atoms with van der Waals surface area (Å²) in [6, 6.07) is 6.99. The van der Waals surface area contributed by atoms with Gasteiger partial charge < -0.3 is 10.1 Å². The maximum absolute atomic E-state index is 5.85. The lowest BCUT2D eigenvalue weighted by Crippen LogP contribution is -2.23. The maximum atomic E-state index is 5.85. The first-order valence-corrected chi connectivity index (χ1v) is 7.11. The molecule has 0 amide bonds. The molecule has 1 aromatic rings. The highest BCUT2D eigenvalue weighted by atomic mass is 79.9. The van der Waals surface area contributed by atoms with Crippen LogP contribution in [-0.2, 0) is 0 Å². The standard InChI is InChI=1S/C14H20BrNO/c1-10(2)13-9-11(15)3-6-14(13)17-8-7-16-12-4-5-12/h3,6,9-10,12,16H,4-5,7-8H2,1-2H3. The summed E-state index contributed by atoms with van der Waals surface area (Å²) in [5, 5.41) is 3.45. The Morgan fingerprint density at radius 2 is 2.18 bits per heavy atom. The fraction of sp³-hybridized carbons (Fsp3) is 0.571. The number of halogens is 1. The van der Waals surface area contributed by atoms with Crippen molar-refractivity contribution >= 4 is 15.9 Å². The Hall–Kier alpha value is -0.540. The summed E-state index contributed by atoms with van der Waals surface area (Å²) in [4.78, 5) is 0. The summed E-state index contributed by atoms with van der Waals surface area (Å²) < 4.78 is 6.96. The number of benzene rings is 1. The minimum Gasteiger partial charge on any atom is -0.492 e. The van der Waals surface area contributed by atoms with Gasteiger partial charge >= 0.3 is 0 Å². The van der Waals surface area contributed by atoms with E-state index in [9.17, 15) is 0 Å². The first-order chi connectivity index (χ1) is 8.16. The lowest BCUT2D eigenvalue weighted by atomic mass is 10.0. The van der Waals surface area contributed by atoms with Crippen molar-refractivity contribution in [1.82, 2.24) is 5.32 Å². The minimum atomic E-state index is 0.485. The van der Waals surface area contributed by atoms with E-state index < -0.39 is 0 Å². The molecule has 1 aliphatic carbocycles. The predicted molar refractivity (Wildman–Crippen MR) is 74.8 cm³/mol. The van der Waals surface area contributed by atoms with Crippen LogP contribution in [0.25, 0.3) is 0 Å². The zero-order chi connectivity index (χ0) is 12.3. The van der Waals surface area contributed by atoms with Crippen LogP contribution in [0.1, 0.15) is 38.2 Å². The number of hydrogen-bond acceptors (Lipinski definition) is 2. The molecule has 94 valence electrons. The van der Waals surface area contributed by atoms with Gasteiger partial charge in [-0.2, -0.15) is 0 Å². The minimum absolute atomic E-state index is 0.485. The van der Waals surface area contributed by atoms with Crippen LogP contribution in [-0.4, -0.2) is 19.2 Å². The average Bonchev–Trinajstić information content (AvgIpc) is 3.09. The summed E-state index contributed by atoms with van der Waals surface area (Å²) >= 11 is 3.51.